The number of anilines is 1. The second-order valence-corrected chi connectivity index (χ2v) is 12.1. The lowest BCUT2D eigenvalue weighted by Crippen LogP contribution is -2.46. The van der Waals surface area contributed by atoms with Crippen LogP contribution in [0.3, 0.4) is 0 Å². The molecule has 1 amide bonds. The molecule has 0 aliphatic carbocycles. The summed E-state index contributed by atoms with van der Waals surface area (Å²) in [4.78, 5) is 35.9. The Morgan fingerprint density at radius 1 is 1.22 bits per heavy atom. The summed E-state index contributed by atoms with van der Waals surface area (Å²) in [6.07, 6.45) is 5.68. The number of aromatic amines is 1. The molecule has 10 nitrogen and oxygen atoms in total. The van der Waals surface area contributed by atoms with Crippen molar-refractivity contribution >= 4 is 22.8 Å². The van der Waals surface area contributed by atoms with Gasteiger partial charge in [0.1, 0.15) is 28.2 Å². The fourth-order valence-electron chi connectivity index (χ4n) is 5.43. The number of aryl methyl sites for hydroxylation is 1. The van der Waals surface area contributed by atoms with E-state index >= 15 is 0 Å². The van der Waals surface area contributed by atoms with Crippen molar-refractivity contribution < 1.29 is 14.3 Å². The molecule has 2 N–H and O–H groups in total. The van der Waals surface area contributed by atoms with Crippen LogP contribution in [-0.2, 0) is 11.3 Å². The third-order valence-electron chi connectivity index (χ3n) is 7.76. The molecule has 224 valence electrons. The van der Waals surface area contributed by atoms with Gasteiger partial charge in [0.15, 0.2) is 0 Å². The number of nitrogens with zero attached hydrogens (tertiary/aromatic N) is 4. The summed E-state index contributed by atoms with van der Waals surface area (Å²) in [6.45, 7) is 14.1. The number of imidazole rings is 1. The number of nitrogens with one attached hydrogen (secondary N) is 2. The van der Waals surface area contributed by atoms with E-state index in [4.69, 9.17) is 14.5 Å². The largest absolute Gasteiger partial charge is 0.496 e. The molecule has 1 unspecified atom stereocenters. The summed E-state index contributed by atoms with van der Waals surface area (Å²) >= 11 is 0. The molecular formula is C31H46N6O4. The molecule has 3 aromatic rings. The topological polar surface area (TPSA) is 114 Å². The van der Waals surface area contributed by atoms with Gasteiger partial charge in [0.25, 0.3) is 5.56 Å². The van der Waals surface area contributed by atoms with E-state index in [-0.39, 0.29) is 17.7 Å². The zero-order valence-electron chi connectivity index (χ0n) is 25.7. The van der Waals surface area contributed by atoms with Crippen molar-refractivity contribution in [3.63, 3.8) is 0 Å². The number of carbonyl (C=O) groups is 1. The number of H-pyrrole nitrogens is 1. The van der Waals surface area contributed by atoms with E-state index in [0.717, 1.165) is 68.6 Å². The Kier molecular flexibility index (Phi) is 9.60. The van der Waals surface area contributed by atoms with Crippen LogP contribution in [0.4, 0.5) is 10.5 Å². The maximum Gasteiger partial charge on any atom is 0.407 e. The SMILES string of the molecule is CCCCC(CC)Cn1nc(C)c2nc(-c3ccc(N4CCC(NC(=O)OC(C)(C)C)CC4)cc3OC)[nH]c2c1=O. The predicted molar refractivity (Wildman–Crippen MR) is 163 cm³/mol. The summed E-state index contributed by atoms with van der Waals surface area (Å²) in [6, 6.07) is 6.12. The number of rotatable bonds is 10. The quantitative estimate of drug-likeness (QED) is 0.318. The summed E-state index contributed by atoms with van der Waals surface area (Å²) in [7, 11) is 1.64. The highest BCUT2D eigenvalue weighted by Crippen LogP contribution is 2.34. The molecular weight excluding hydrogens is 520 g/mol. The van der Waals surface area contributed by atoms with Crippen molar-refractivity contribution in [2.45, 2.75) is 98.3 Å². The second-order valence-electron chi connectivity index (χ2n) is 12.1. The Balaban J connectivity index is 1.51. The van der Waals surface area contributed by atoms with E-state index < -0.39 is 5.60 Å². The van der Waals surface area contributed by atoms with Crippen LogP contribution in [-0.4, -0.2) is 57.7 Å². The summed E-state index contributed by atoms with van der Waals surface area (Å²) < 4.78 is 12.8. The molecule has 2 aromatic heterocycles. The number of benzene rings is 1. The molecule has 1 fully saturated rings. The van der Waals surface area contributed by atoms with Gasteiger partial charge in [0.05, 0.1) is 18.4 Å². The van der Waals surface area contributed by atoms with Gasteiger partial charge in [-0.15, -0.1) is 0 Å². The Hall–Kier alpha value is -3.56. The van der Waals surface area contributed by atoms with Gasteiger partial charge in [-0.2, -0.15) is 5.10 Å². The van der Waals surface area contributed by atoms with Gasteiger partial charge in [-0.3, -0.25) is 4.79 Å². The van der Waals surface area contributed by atoms with Crippen LogP contribution < -0.4 is 20.5 Å². The second kappa shape index (κ2) is 13.0. The summed E-state index contributed by atoms with van der Waals surface area (Å²) in [5.41, 5.74) is 2.96. The monoisotopic (exact) mass is 566 g/mol. The molecule has 1 saturated heterocycles. The summed E-state index contributed by atoms with van der Waals surface area (Å²) in [5, 5.41) is 7.60. The normalized spacial score (nSPS) is 15.2. The Labute approximate surface area is 242 Å². The number of hydrogen-bond acceptors (Lipinski definition) is 7. The lowest BCUT2D eigenvalue weighted by atomic mass is 9.99. The minimum atomic E-state index is -0.513. The van der Waals surface area contributed by atoms with Crippen molar-refractivity contribution in [3.8, 4) is 17.1 Å². The van der Waals surface area contributed by atoms with E-state index in [1.54, 1.807) is 11.8 Å². The standard InChI is InChI=1S/C31H46N6O4/c1-8-10-11-21(9-2)19-37-29(38)27-26(20(3)35-37)33-28(34-27)24-13-12-23(18-25(24)40-7)36-16-14-22(15-17-36)32-30(39)41-31(4,5)6/h12-13,18,21-22H,8-11,14-17,19H2,1-7H3,(H,32,39)(H,33,34). The first-order valence-electron chi connectivity index (χ1n) is 14.9. The van der Waals surface area contributed by atoms with Gasteiger partial charge in [-0.1, -0.05) is 33.1 Å². The zero-order valence-corrected chi connectivity index (χ0v) is 25.7. The number of alkyl carbamates (subject to hydrolysis) is 1. The highest BCUT2D eigenvalue weighted by Gasteiger charge is 2.25. The number of hydrogen-bond donors (Lipinski definition) is 2. The van der Waals surface area contributed by atoms with Crippen molar-refractivity contribution in [2.24, 2.45) is 5.92 Å². The average molecular weight is 567 g/mol. The van der Waals surface area contributed by atoms with Crippen molar-refractivity contribution in [2.75, 3.05) is 25.1 Å². The van der Waals surface area contributed by atoms with Gasteiger partial charge in [-0.05, 0) is 65.0 Å². The molecule has 10 heteroatoms. The Morgan fingerprint density at radius 2 is 1.95 bits per heavy atom. The van der Waals surface area contributed by atoms with Gasteiger partial charge in [-0.25, -0.2) is 14.5 Å². The summed E-state index contributed by atoms with van der Waals surface area (Å²) in [5.74, 6) is 1.68. The Bertz CT molecular complexity index is 1400. The number of ether oxygens (including phenoxy) is 2. The van der Waals surface area contributed by atoms with E-state index in [2.05, 4.69) is 40.2 Å². The van der Waals surface area contributed by atoms with Gasteiger partial charge in [0, 0.05) is 37.4 Å². The molecule has 1 aliphatic heterocycles. The molecule has 1 atom stereocenters. The van der Waals surface area contributed by atoms with Crippen LogP contribution in [0.25, 0.3) is 22.4 Å². The molecule has 0 spiro atoms. The number of piperidine rings is 1. The molecule has 3 heterocycles. The molecule has 1 aliphatic rings. The number of carbonyl (C=O) groups excluding carboxylic acids is 1. The van der Waals surface area contributed by atoms with Gasteiger partial charge in [0.2, 0.25) is 0 Å². The highest BCUT2D eigenvalue weighted by molar-refractivity contribution is 5.82. The van der Waals surface area contributed by atoms with Crippen LogP contribution in [0.15, 0.2) is 23.0 Å². The molecule has 0 radical (unpaired) electrons. The van der Waals surface area contributed by atoms with E-state index in [0.29, 0.717) is 35.1 Å². The number of methoxy groups -OCH3 is 1. The smallest absolute Gasteiger partial charge is 0.407 e. The number of unbranched alkanes of at least 4 members (excludes halogenated alkanes) is 1. The Morgan fingerprint density at radius 3 is 2.59 bits per heavy atom. The third kappa shape index (κ3) is 7.40. The average Bonchev–Trinajstić information content (AvgIpc) is 3.39. The van der Waals surface area contributed by atoms with E-state index in [1.807, 2.05) is 39.8 Å². The van der Waals surface area contributed by atoms with Crippen molar-refractivity contribution in [3.05, 3.63) is 34.2 Å². The van der Waals surface area contributed by atoms with Crippen LogP contribution in [0.2, 0.25) is 0 Å². The van der Waals surface area contributed by atoms with E-state index in [9.17, 15) is 9.59 Å². The minimum Gasteiger partial charge on any atom is -0.496 e. The lowest BCUT2D eigenvalue weighted by Gasteiger charge is -2.34. The fraction of sp³-hybridized carbons (Fsp3) is 0.613. The van der Waals surface area contributed by atoms with Crippen molar-refractivity contribution in [1.82, 2.24) is 25.1 Å². The number of fused-ring (bicyclic) bond motifs is 1. The maximum absolute atomic E-state index is 13.4. The molecule has 1 aromatic carbocycles. The molecule has 0 saturated carbocycles. The molecule has 4 rings (SSSR count). The minimum absolute atomic E-state index is 0.0814. The van der Waals surface area contributed by atoms with Gasteiger partial charge >= 0.3 is 6.09 Å². The van der Waals surface area contributed by atoms with Gasteiger partial charge < -0.3 is 24.7 Å². The number of aromatic nitrogens is 4. The van der Waals surface area contributed by atoms with Crippen molar-refractivity contribution in [1.29, 1.82) is 0 Å². The highest BCUT2D eigenvalue weighted by atomic mass is 16.6. The van der Waals surface area contributed by atoms with Crippen LogP contribution in [0.5, 0.6) is 5.75 Å². The lowest BCUT2D eigenvalue weighted by molar-refractivity contribution is 0.0497. The van der Waals surface area contributed by atoms with E-state index in [1.165, 1.54) is 0 Å². The fourth-order valence-corrected chi connectivity index (χ4v) is 5.43. The first kappa shape index (κ1) is 30.4. The van der Waals surface area contributed by atoms with Crippen LogP contribution >= 0.6 is 0 Å². The zero-order chi connectivity index (χ0) is 29.7. The molecule has 0 bridgehead atoms. The molecule has 41 heavy (non-hydrogen) atoms. The first-order valence-corrected chi connectivity index (χ1v) is 14.9. The van der Waals surface area contributed by atoms with Crippen LogP contribution in [0, 0.1) is 12.8 Å². The van der Waals surface area contributed by atoms with Crippen LogP contribution in [0.1, 0.15) is 78.8 Å². The first-order chi connectivity index (χ1) is 19.5. The third-order valence-corrected chi connectivity index (χ3v) is 7.76. The number of amides is 1. The maximum atomic E-state index is 13.4. The predicted octanol–water partition coefficient (Wildman–Crippen LogP) is 5.81.